The number of furan rings is 1. The van der Waals surface area contributed by atoms with Gasteiger partial charge >= 0.3 is 0 Å². The number of piperidine rings is 1. The molecule has 0 aliphatic carbocycles. The highest BCUT2D eigenvalue weighted by molar-refractivity contribution is 6.30. The van der Waals surface area contributed by atoms with Crippen molar-refractivity contribution >= 4 is 29.3 Å². The zero-order chi connectivity index (χ0) is 19.9. The van der Waals surface area contributed by atoms with Crippen LogP contribution in [0.1, 0.15) is 40.0 Å². The van der Waals surface area contributed by atoms with Crippen LogP contribution < -0.4 is 10.6 Å². The summed E-state index contributed by atoms with van der Waals surface area (Å²) in [6.07, 6.45) is 4.52. The van der Waals surface area contributed by atoms with Gasteiger partial charge in [-0.15, -0.1) is 0 Å². The van der Waals surface area contributed by atoms with Crippen LogP contribution >= 0.6 is 11.6 Å². The van der Waals surface area contributed by atoms with E-state index in [2.05, 4.69) is 10.6 Å². The maximum Gasteiger partial charge on any atom is 0.257 e. The van der Waals surface area contributed by atoms with Gasteiger partial charge in [0.05, 0.1) is 11.8 Å². The normalized spacial score (nSPS) is 14.5. The predicted molar refractivity (Wildman–Crippen MR) is 104 cm³/mol. The Kier molecular flexibility index (Phi) is 6.71. The van der Waals surface area contributed by atoms with E-state index in [9.17, 15) is 14.4 Å². The molecule has 3 rings (SSSR count). The second kappa shape index (κ2) is 9.41. The number of hydrogen-bond donors (Lipinski definition) is 2. The number of amides is 3. The smallest absolute Gasteiger partial charge is 0.257 e. The fourth-order valence-electron chi connectivity index (χ4n) is 3.09. The van der Waals surface area contributed by atoms with Crippen LogP contribution in [-0.4, -0.2) is 48.3 Å². The van der Waals surface area contributed by atoms with Crippen molar-refractivity contribution in [2.75, 3.05) is 19.6 Å². The van der Waals surface area contributed by atoms with E-state index in [1.165, 1.54) is 12.5 Å². The van der Waals surface area contributed by atoms with Crippen LogP contribution in [0.3, 0.4) is 0 Å². The average molecular weight is 404 g/mol. The van der Waals surface area contributed by atoms with Crippen LogP contribution in [-0.2, 0) is 4.79 Å². The molecule has 1 aliphatic rings. The minimum absolute atomic E-state index is 0.0351. The Morgan fingerprint density at radius 1 is 1.07 bits per heavy atom. The molecule has 1 aliphatic heterocycles. The van der Waals surface area contributed by atoms with Gasteiger partial charge in [-0.2, -0.15) is 0 Å². The lowest BCUT2D eigenvalue weighted by Crippen LogP contribution is -2.46. The van der Waals surface area contributed by atoms with Crippen molar-refractivity contribution in [1.29, 1.82) is 0 Å². The van der Waals surface area contributed by atoms with Crippen LogP contribution in [0.15, 0.2) is 47.3 Å². The molecule has 0 spiro atoms. The van der Waals surface area contributed by atoms with Gasteiger partial charge in [0.25, 0.3) is 11.8 Å². The summed E-state index contributed by atoms with van der Waals surface area (Å²) >= 11 is 5.80. The van der Waals surface area contributed by atoms with E-state index < -0.39 is 0 Å². The number of nitrogens with one attached hydrogen (secondary N) is 2. The summed E-state index contributed by atoms with van der Waals surface area (Å²) in [4.78, 5) is 38.1. The Morgan fingerprint density at radius 2 is 1.79 bits per heavy atom. The number of halogens is 1. The summed E-state index contributed by atoms with van der Waals surface area (Å²) in [5.41, 5.74) is 1.04. The highest BCUT2D eigenvalue weighted by atomic mass is 35.5. The van der Waals surface area contributed by atoms with E-state index in [1.807, 2.05) is 0 Å². The van der Waals surface area contributed by atoms with Crippen molar-refractivity contribution in [3.05, 3.63) is 59.0 Å². The van der Waals surface area contributed by atoms with Gasteiger partial charge in [0.1, 0.15) is 6.26 Å². The summed E-state index contributed by atoms with van der Waals surface area (Å²) in [5.74, 6) is -0.407. The highest BCUT2D eigenvalue weighted by Crippen LogP contribution is 2.14. The first-order chi connectivity index (χ1) is 13.5. The topological polar surface area (TPSA) is 91.7 Å². The van der Waals surface area contributed by atoms with Gasteiger partial charge in [-0.1, -0.05) is 11.6 Å². The van der Waals surface area contributed by atoms with Gasteiger partial charge < -0.3 is 20.0 Å². The molecule has 1 aromatic carbocycles. The molecule has 8 heteroatoms. The van der Waals surface area contributed by atoms with Gasteiger partial charge in [0, 0.05) is 42.7 Å². The number of nitrogens with zero attached hydrogens (tertiary/aromatic N) is 1. The molecule has 0 radical (unpaired) electrons. The van der Waals surface area contributed by atoms with Gasteiger partial charge in [-0.05, 0) is 43.2 Å². The van der Waals surface area contributed by atoms with Crippen LogP contribution in [0.2, 0.25) is 5.02 Å². The lowest BCUT2D eigenvalue weighted by Gasteiger charge is -2.32. The zero-order valence-corrected chi connectivity index (χ0v) is 16.1. The van der Waals surface area contributed by atoms with Crippen LogP contribution in [0.5, 0.6) is 0 Å². The molecule has 0 bridgehead atoms. The van der Waals surface area contributed by atoms with Crippen LogP contribution in [0.25, 0.3) is 0 Å². The Balaban J connectivity index is 1.35. The van der Waals surface area contributed by atoms with E-state index in [0.717, 1.165) is 0 Å². The Bertz CT molecular complexity index is 812. The van der Waals surface area contributed by atoms with Crippen LogP contribution in [0.4, 0.5) is 0 Å². The Labute approximate surface area is 168 Å². The number of hydrogen-bond acceptors (Lipinski definition) is 4. The molecule has 28 heavy (non-hydrogen) atoms. The summed E-state index contributed by atoms with van der Waals surface area (Å²) in [7, 11) is 0. The monoisotopic (exact) mass is 403 g/mol. The second-order valence-corrected chi connectivity index (χ2v) is 7.10. The molecule has 0 unspecified atom stereocenters. The molecule has 1 fully saturated rings. The van der Waals surface area contributed by atoms with Crippen molar-refractivity contribution in [3.8, 4) is 0 Å². The molecule has 0 atom stereocenters. The quantitative estimate of drug-likeness (QED) is 0.775. The number of likely N-dealkylation sites (tertiary alicyclic amines) is 1. The van der Waals surface area contributed by atoms with Crippen molar-refractivity contribution in [3.63, 3.8) is 0 Å². The van der Waals surface area contributed by atoms with Gasteiger partial charge in [-0.25, -0.2) is 0 Å². The molecule has 3 amide bonds. The lowest BCUT2D eigenvalue weighted by atomic mass is 10.0. The highest BCUT2D eigenvalue weighted by Gasteiger charge is 2.25. The first-order valence-electron chi connectivity index (χ1n) is 9.17. The first-order valence-corrected chi connectivity index (χ1v) is 9.55. The van der Waals surface area contributed by atoms with E-state index in [0.29, 0.717) is 42.1 Å². The third-order valence-corrected chi connectivity index (χ3v) is 4.91. The van der Waals surface area contributed by atoms with E-state index in [-0.39, 0.29) is 36.7 Å². The molecule has 148 valence electrons. The Hall–Kier alpha value is -2.80. The molecule has 2 aromatic rings. The number of carbonyl (C=O) groups is 3. The fraction of sp³-hybridized carbons (Fsp3) is 0.350. The molecular formula is C20H22ClN3O4. The third-order valence-electron chi connectivity index (χ3n) is 4.66. The summed E-state index contributed by atoms with van der Waals surface area (Å²) in [6.45, 7) is 1.43. The van der Waals surface area contributed by atoms with Crippen LogP contribution in [0, 0.1) is 0 Å². The number of rotatable bonds is 6. The number of carbonyl (C=O) groups excluding carboxylic acids is 3. The molecule has 1 aromatic heterocycles. The maximum atomic E-state index is 12.3. The van der Waals surface area contributed by atoms with Gasteiger partial charge in [0.15, 0.2) is 0 Å². The molecule has 0 saturated carbocycles. The molecule has 1 saturated heterocycles. The molecule has 7 nitrogen and oxygen atoms in total. The lowest BCUT2D eigenvalue weighted by molar-refractivity contribution is -0.121. The SMILES string of the molecule is O=C(CCNC(=O)c1ccc(Cl)cc1)NC1CCN(C(=O)c2ccoc2)CC1. The summed E-state index contributed by atoms with van der Waals surface area (Å²) < 4.78 is 4.95. The van der Waals surface area contributed by atoms with Crippen molar-refractivity contribution < 1.29 is 18.8 Å². The standard InChI is InChI=1S/C20H22ClN3O4/c21-16-3-1-14(2-4-16)19(26)22-9-5-18(25)23-17-6-10-24(11-7-17)20(27)15-8-12-28-13-15/h1-4,8,12-13,17H,5-7,9-11H2,(H,22,26)(H,23,25). The fourth-order valence-corrected chi connectivity index (χ4v) is 3.21. The summed E-state index contributed by atoms with van der Waals surface area (Å²) in [5, 5.41) is 6.25. The zero-order valence-electron chi connectivity index (χ0n) is 15.3. The minimum atomic E-state index is -0.240. The number of benzene rings is 1. The molecular weight excluding hydrogens is 382 g/mol. The van der Waals surface area contributed by atoms with E-state index >= 15 is 0 Å². The van der Waals surface area contributed by atoms with Crippen molar-refractivity contribution in [2.45, 2.75) is 25.3 Å². The maximum absolute atomic E-state index is 12.3. The second-order valence-electron chi connectivity index (χ2n) is 6.66. The van der Waals surface area contributed by atoms with Crippen molar-refractivity contribution in [2.24, 2.45) is 0 Å². The third kappa shape index (κ3) is 5.36. The largest absolute Gasteiger partial charge is 0.472 e. The van der Waals surface area contributed by atoms with Crippen molar-refractivity contribution in [1.82, 2.24) is 15.5 Å². The minimum Gasteiger partial charge on any atom is -0.472 e. The van der Waals surface area contributed by atoms with E-state index in [1.54, 1.807) is 35.2 Å². The predicted octanol–water partition coefficient (Wildman–Crippen LogP) is 2.47. The Morgan fingerprint density at radius 3 is 2.43 bits per heavy atom. The van der Waals surface area contributed by atoms with Gasteiger partial charge in [-0.3, -0.25) is 14.4 Å². The summed E-state index contributed by atoms with van der Waals surface area (Å²) in [6, 6.07) is 8.24. The molecule has 2 N–H and O–H groups in total. The molecule has 2 heterocycles. The first kappa shape index (κ1) is 19.9. The average Bonchev–Trinajstić information content (AvgIpc) is 3.23. The van der Waals surface area contributed by atoms with Gasteiger partial charge in [0.2, 0.25) is 5.91 Å². The van der Waals surface area contributed by atoms with E-state index in [4.69, 9.17) is 16.0 Å².